The maximum atomic E-state index is 12.8. The number of rotatable bonds is 6. The zero-order chi connectivity index (χ0) is 26.5. The van der Waals surface area contributed by atoms with E-state index < -0.39 is 29.4 Å². The molecule has 1 aliphatic heterocycles. The van der Waals surface area contributed by atoms with E-state index in [4.69, 9.17) is 4.74 Å². The number of alkyl halides is 3. The smallest absolute Gasteiger partial charge is 0.457 e. The molecule has 0 atom stereocenters. The van der Waals surface area contributed by atoms with E-state index in [2.05, 4.69) is 38.9 Å². The van der Waals surface area contributed by atoms with Gasteiger partial charge in [0.2, 0.25) is 0 Å². The lowest BCUT2D eigenvalue weighted by atomic mass is 9.72. The fourth-order valence-corrected chi connectivity index (χ4v) is 5.11. The zero-order valence-electron chi connectivity index (χ0n) is 20.5. The second-order valence-corrected chi connectivity index (χ2v) is 11.4. The number of hydrogen-bond donors (Lipinski definition) is 0. The van der Waals surface area contributed by atoms with Crippen LogP contribution in [0.3, 0.4) is 0 Å². The summed E-state index contributed by atoms with van der Waals surface area (Å²) in [6, 6.07) is 15.5. The monoisotopic (exact) mass is 517 g/mol. The molecule has 0 saturated carbocycles. The van der Waals surface area contributed by atoms with Crippen molar-refractivity contribution in [3.63, 3.8) is 0 Å². The molecule has 2 amide bonds. The van der Waals surface area contributed by atoms with Crippen LogP contribution in [-0.4, -0.2) is 22.4 Å². The largest absolute Gasteiger partial charge is 0.470 e. The summed E-state index contributed by atoms with van der Waals surface area (Å²) in [5.41, 5.74) is -3.36. The first kappa shape index (κ1) is 26.0. The summed E-state index contributed by atoms with van der Waals surface area (Å²) in [6.45, 7) is 11.0. The number of benzene rings is 3. The van der Waals surface area contributed by atoms with Crippen molar-refractivity contribution in [2.24, 2.45) is 5.41 Å². The summed E-state index contributed by atoms with van der Waals surface area (Å²) in [6.07, 6.45) is 0.999. The van der Waals surface area contributed by atoms with Crippen LogP contribution in [0.15, 0.2) is 54.6 Å². The van der Waals surface area contributed by atoms with Crippen LogP contribution >= 0.6 is 12.0 Å². The number of nitrogens with zero attached hydrogens (tertiary/aromatic N) is 1. The van der Waals surface area contributed by atoms with E-state index in [1.165, 1.54) is 17.7 Å². The van der Waals surface area contributed by atoms with Crippen molar-refractivity contribution in [1.82, 2.24) is 5.06 Å². The van der Waals surface area contributed by atoms with Gasteiger partial charge in [0.05, 0.1) is 11.1 Å². The molecule has 1 aliphatic rings. The van der Waals surface area contributed by atoms with Gasteiger partial charge in [-0.05, 0) is 53.1 Å². The third-order valence-corrected chi connectivity index (χ3v) is 6.29. The summed E-state index contributed by atoms with van der Waals surface area (Å²) >= 11 is -0.918. The molecule has 0 spiro atoms. The number of halogens is 3. The number of amides is 2. The Labute approximate surface area is 211 Å². The van der Waals surface area contributed by atoms with Gasteiger partial charge in [0.25, 0.3) is 11.8 Å². The van der Waals surface area contributed by atoms with Gasteiger partial charge < -0.3 is 4.74 Å². The minimum atomic E-state index is -4.78. The second kappa shape index (κ2) is 9.12. The van der Waals surface area contributed by atoms with Gasteiger partial charge in [-0.2, -0.15) is 17.5 Å². The van der Waals surface area contributed by atoms with Crippen LogP contribution in [0, 0.1) is 5.41 Å². The topological polar surface area (TPSA) is 55.8 Å². The van der Waals surface area contributed by atoms with E-state index in [0.717, 1.165) is 6.42 Å². The molecular weight excluding hydrogens is 491 g/mol. The lowest BCUT2D eigenvalue weighted by molar-refractivity contribution is -0.0570. The molecule has 190 valence electrons. The Balaban J connectivity index is 1.64. The van der Waals surface area contributed by atoms with Crippen LogP contribution < -0.4 is 4.74 Å². The minimum absolute atomic E-state index is 0.0316. The third kappa shape index (κ3) is 5.37. The van der Waals surface area contributed by atoms with Crippen molar-refractivity contribution in [2.45, 2.75) is 52.0 Å². The summed E-state index contributed by atoms with van der Waals surface area (Å²) < 4.78 is 48.3. The van der Waals surface area contributed by atoms with Gasteiger partial charge in [-0.1, -0.05) is 58.9 Å². The first-order valence-electron chi connectivity index (χ1n) is 11.3. The number of carbonyl (C=O) groups excluding carboxylic acids is 2. The predicted molar refractivity (Wildman–Crippen MR) is 133 cm³/mol. The Morgan fingerprint density at radius 1 is 0.833 bits per heavy atom. The van der Waals surface area contributed by atoms with Crippen molar-refractivity contribution < 1.29 is 31.8 Å². The quantitative estimate of drug-likeness (QED) is 0.245. The fraction of sp³-hybridized carbons (Fsp3) is 0.333. The number of hydrogen-bond acceptors (Lipinski definition) is 5. The molecule has 0 unspecified atom stereocenters. The number of hydroxylamine groups is 2. The minimum Gasteiger partial charge on any atom is -0.457 e. The summed E-state index contributed by atoms with van der Waals surface area (Å²) in [5, 5.41) is 0.935. The molecule has 36 heavy (non-hydrogen) atoms. The van der Waals surface area contributed by atoms with E-state index in [9.17, 15) is 22.8 Å². The van der Waals surface area contributed by atoms with Gasteiger partial charge in [-0.3, -0.25) is 9.59 Å². The number of imide groups is 1. The number of carbonyl (C=O) groups is 2. The normalized spacial score (nSPS) is 14.5. The van der Waals surface area contributed by atoms with Crippen LogP contribution in [0.4, 0.5) is 13.2 Å². The van der Waals surface area contributed by atoms with E-state index in [0.29, 0.717) is 22.3 Å². The molecular formula is C27H26F3NO4S. The highest BCUT2D eigenvalue weighted by Crippen LogP contribution is 2.41. The lowest BCUT2D eigenvalue weighted by Gasteiger charge is -2.33. The first-order chi connectivity index (χ1) is 16.7. The van der Waals surface area contributed by atoms with E-state index in [1.54, 1.807) is 18.2 Å². The van der Waals surface area contributed by atoms with Crippen molar-refractivity contribution in [1.29, 1.82) is 0 Å². The lowest BCUT2D eigenvalue weighted by Crippen LogP contribution is -2.39. The van der Waals surface area contributed by atoms with Crippen LogP contribution in [0.5, 0.6) is 11.5 Å². The van der Waals surface area contributed by atoms with Crippen molar-refractivity contribution in [2.75, 3.05) is 0 Å². The summed E-state index contributed by atoms with van der Waals surface area (Å²) in [5.74, 6) is -0.960. The Hall–Kier alpha value is -3.04. The van der Waals surface area contributed by atoms with Gasteiger partial charge >= 0.3 is 5.51 Å². The number of ether oxygens (including phenoxy) is 1. The molecule has 4 rings (SSSR count). The molecule has 1 heterocycles. The van der Waals surface area contributed by atoms with Crippen LogP contribution in [0.1, 0.15) is 67.3 Å². The molecule has 0 bridgehead atoms. The predicted octanol–water partition coefficient (Wildman–Crippen LogP) is 8.04. The van der Waals surface area contributed by atoms with Crippen molar-refractivity contribution >= 4 is 34.6 Å². The highest BCUT2D eigenvalue weighted by atomic mass is 32.2. The van der Waals surface area contributed by atoms with Gasteiger partial charge in [0, 0.05) is 10.8 Å². The van der Waals surface area contributed by atoms with E-state index in [-0.39, 0.29) is 27.0 Å². The van der Waals surface area contributed by atoms with Crippen LogP contribution in [0.25, 0.3) is 10.8 Å². The molecule has 0 radical (unpaired) electrons. The van der Waals surface area contributed by atoms with Gasteiger partial charge in [0.15, 0.2) is 0 Å². The SMILES string of the molecule is CC(C)(C)CC(C)(C)c1ccc(Oc2ccc3c4c(cccc24)C(=O)N(OSC(F)(F)F)C3=O)cc1. The molecule has 0 aliphatic carbocycles. The molecule has 0 fully saturated rings. The third-order valence-electron chi connectivity index (χ3n) is 5.87. The molecule has 3 aromatic rings. The summed E-state index contributed by atoms with van der Waals surface area (Å²) in [7, 11) is 0. The second-order valence-electron chi connectivity index (χ2n) is 10.6. The van der Waals surface area contributed by atoms with E-state index in [1.807, 2.05) is 24.3 Å². The Bertz CT molecular complexity index is 1310. The average Bonchev–Trinajstić information content (AvgIpc) is 2.76. The maximum absolute atomic E-state index is 12.8. The van der Waals surface area contributed by atoms with Gasteiger partial charge in [-0.25, -0.2) is 0 Å². The van der Waals surface area contributed by atoms with Gasteiger partial charge in [0.1, 0.15) is 23.5 Å². The zero-order valence-corrected chi connectivity index (χ0v) is 21.3. The van der Waals surface area contributed by atoms with Crippen molar-refractivity contribution in [3.8, 4) is 11.5 Å². The van der Waals surface area contributed by atoms with Crippen molar-refractivity contribution in [3.05, 3.63) is 71.3 Å². The molecule has 3 aromatic carbocycles. The standard InChI is InChI=1S/C27H26F3NO4S/c1-25(2,3)15-26(4,5)16-9-11-17(12-10-16)34-21-14-13-20-22-18(21)7-6-8-19(22)23(32)31(24(20)33)35-36-27(28,29)30/h6-14H,15H2,1-5H3. The van der Waals surface area contributed by atoms with Crippen LogP contribution in [0.2, 0.25) is 0 Å². The fourth-order valence-electron chi connectivity index (χ4n) is 4.81. The highest BCUT2D eigenvalue weighted by molar-refractivity contribution is 7.95. The molecule has 9 heteroatoms. The highest BCUT2D eigenvalue weighted by Gasteiger charge is 2.39. The van der Waals surface area contributed by atoms with Gasteiger partial charge in [-0.15, -0.1) is 5.06 Å². The van der Waals surface area contributed by atoms with E-state index >= 15 is 0 Å². The van der Waals surface area contributed by atoms with Crippen LogP contribution in [-0.2, 0) is 9.70 Å². The molecule has 0 saturated heterocycles. The maximum Gasteiger partial charge on any atom is 0.470 e. The summed E-state index contributed by atoms with van der Waals surface area (Å²) in [4.78, 5) is 25.6. The molecule has 0 N–H and O–H groups in total. The first-order valence-corrected chi connectivity index (χ1v) is 12.1. The Kier molecular flexibility index (Phi) is 6.59. The molecule has 0 aromatic heterocycles. The Morgan fingerprint density at radius 2 is 1.44 bits per heavy atom. The molecule has 5 nitrogen and oxygen atoms in total. The Morgan fingerprint density at radius 3 is 2.03 bits per heavy atom. The average molecular weight is 518 g/mol.